The number of aliphatic hydroxyl groups excluding tert-OH is 1. The van der Waals surface area contributed by atoms with Crippen LogP contribution in [-0.2, 0) is 28.8 Å². The van der Waals surface area contributed by atoms with Gasteiger partial charge in [0, 0.05) is 0 Å². The van der Waals surface area contributed by atoms with Crippen molar-refractivity contribution in [1.29, 1.82) is 0 Å². The number of carbonyl (C=O) groups excluding carboxylic acids is 5. The summed E-state index contributed by atoms with van der Waals surface area (Å²) in [4.78, 5) is 73.9. The molecule has 0 aromatic rings. The highest BCUT2D eigenvalue weighted by Crippen LogP contribution is 2.08. The molecule has 0 aromatic heterocycles. The molecule has 224 valence electrons. The summed E-state index contributed by atoms with van der Waals surface area (Å²) >= 11 is 2.82. The molecule has 14 nitrogen and oxygen atoms in total. The van der Waals surface area contributed by atoms with E-state index >= 15 is 0 Å². The Hall–Kier alpha value is -2.56. The van der Waals surface area contributed by atoms with Crippen molar-refractivity contribution in [2.75, 3.05) is 24.0 Å². The van der Waals surface area contributed by atoms with Crippen LogP contribution < -0.4 is 32.7 Å². The van der Waals surface area contributed by atoms with Crippen molar-refractivity contribution >= 4 is 59.0 Å². The average Bonchev–Trinajstić information content (AvgIpc) is 2.84. The standard InChI is InChI=1S/C23H42N6O8S2/c1-11(2)17(21(34)27-15(23(36)37)7-9-39-5)28-22(35)18(12(3)30)29-20(33)14(6-8-38-4)26-19(32)13(24)10-16(25)31/h11-15,17-18,30H,6-10,24H2,1-5H3,(H2,25,31)(H,26,32)(H,27,34)(H,28,35)(H,29,33)(H,36,37)/t12-,13+,14+,15+,17+,18+/m1/s1. The fourth-order valence-electron chi connectivity index (χ4n) is 3.28. The van der Waals surface area contributed by atoms with Crippen molar-refractivity contribution in [2.24, 2.45) is 17.4 Å². The minimum absolute atomic E-state index is 0.153. The summed E-state index contributed by atoms with van der Waals surface area (Å²) in [6.45, 7) is 4.54. The topological polar surface area (TPSA) is 243 Å². The van der Waals surface area contributed by atoms with Gasteiger partial charge in [0.05, 0.1) is 18.6 Å². The molecule has 0 radical (unpaired) electrons. The summed E-state index contributed by atoms with van der Waals surface area (Å²) in [7, 11) is 0. The maximum atomic E-state index is 13.1. The molecule has 5 amide bonds. The summed E-state index contributed by atoms with van der Waals surface area (Å²) in [6.07, 6.45) is 2.09. The number of primary amides is 1. The Morgan fingerprint density at radius 2 is 1.21 bits per heavy atom. The van der Waals surface area contributed by atoms with Gasteiger partial charge in [-0.2, -0.15) is 23.5 Å². The lowest BCUT2D eigenvalue weighted by atomic mass is 10.0. The molecular weight excluding hydrogens is 552 g/mol. The van der Waals surface area contributed by atoms with E-state index in [9.17, 15) is 39.0 Å². The highest BCUT2D eigenvalue weighted by Gasteiger charge is 2.34. The molecule has 0 aliphatic carbocycles. The first kappa shape index (κ1) is 36.4. The predicted molar refractivity (Wildman–Crippen MR) is 150 cm³/mol. The van der Waals surface area contributed by atoms with Gasteiger partial charge in [0.15, 0.2) is 0 Å². The third-order valence-electron chi connectivity index (χ3n) is 5.54. The van der Waals surface area contributed by atoms with Gasteiger partial charge in [0.1, 0.15) is 24.2 Å². The Morgan fingerprint density at radius 1 is 0.744 bits per heavy atom. The number of aliphatic hydroxyl groups is 1. The summed E-state index contributed by atoms with van der Waals surface area (Å²) in [6, 6.07) is -6.25. The minimum atomic E-state index is -1.51. The van der Waals surface area contributed by atoms with Gasteiger partial charge in [0.25, 0.3) is 0 Å². The largest absolute Gasteiger partial charge is 0.480 e. The Bertz CT molecular complexity index is 860. The van der Waals surface area contributed by atoms with Gasteiger partial charge in [-0.25, -0.2) is 4.79 Å². The quantitative estimate of drug-likeness (QED) is 0.0794. The summed E-state index contributed by atoms with van der Waals surface area (Å²) in [5.41, 5.74) is 10.7. The number of hydrogen-bond acceptors (Lipinski definition) is 10. The second-order valence-corrected chi connectivity index (χ2v) is 11.2. The van der Waals surface area contributed by atoms with E-state index in [0.717, 1.165) is 0 Å². The first-order chi connectivity index (χ1) is 18.2. The highest BCUT2D eigenvalue weighted by molar-refractivity contribution is 7.98. The number of nitrogens with one attached hydrogen (secondary N) is 4. The Labute approximate surface area is 236 Å². The first-order valence-corrected chi connectivity index (χ1v) is 15.1. The van der Waals surface area contributed by atoms with Crippen LogP contribution in [0.1, 0.15) is 40.0 Å². The molecule has 0 aromatic carbocycles. The molecule has 0 saturated heterocycles. The van der Waals surface area contributed by atoms with Crippen LogP contribution in [0.5, 0.6) is 0 Å². The van der Waals surface area contributed by atoms with E-state index in [-0.39, 0.29) is 12.8 Å². The zero-order chi connectivity index (χ0) is 30.3. The molecule has 0 bridgehead atoms. The van der Waals surface area contributed by atoms with E-state index < -0.39 is 84.2 Å². The van der Waals surface area contributed by atoms with Crippen molar-refractivity contribution < 1.29 is 39.0 Å². The lowest BCUT2D eigenvalue weighted by molar-refractivity contribution is -0.142. The molecule has 0 spiro atoms. The van der Waals surface area contributed by atoms with E-state index in [1.54, 1.807) is 26.4 Å². The zero-order valence-corrected chi connectivity index (χ0v) is 24.5. The Morgan fingerprint density at radius 3 is 1.64 bits per heavy atom. The van der Waals surface area contributed by atoms with Gasteiger partial charge in [-0.3, -0.25) is 24.0 Å². The van der Waals surface area contributed by atoms with Gasteiger partial charge < -0.3 is 42.9 Å². The molecular formula is C23H42N6O8S2. The first-order valence-electron chi connectivity index (χ1n) is 12.3. The van der Waals surface area contributed by atoms with Crippen LogP contribution in [0.25, 0.3) is 0 Å². The number of carbonyl (C=O) groups is 6. The monoisotopic (exact) mass is 594 g/mol. The highest BCUT2D eigenvalue weighted by atomic mass is 32.2. The second-order valence-electron chi connectivity index (χ2n) is 9.26. The van der Waals surface area contributed by atoms with Crippen molar-refractivity contribution in [1.82, 2.24) is 21.3 Å². The molecule has 39 heavy (non-hydrogen) atoms. The Kier molecular flexibility index (Phi) is 17.5. The summed E-state index contributed by atoms with van der Waals surface area (Å²) in [5.74, 6) is -4.73. The van der Waals surface area contributed by atoms with Crippen LogP contribution in [0.15, 0.2) is 0 Å². The lowest BCUT2D eigenvalue weighted by Gasteiger charge is -2.28. The fraction of sp³-hybridized carbons (Fsp3) is 0.739. The number of carboxylic acids is 1. The van der Waals surface area contributed by atoms with Crippen molar-refractivity contribution in [3.8, 4) is 0 Å². The van der Waals surface area contributed by atoms with Gasteiger partial charge in [-0.05, 0) is 49.7 Å². The lowest BCUT2D eigenvalue weighted by Crippen LogP contribution is -2.61. The SMILES string of the molecule is CSCC[C@H](NC(=O)[C@@H](NC(=O)[C@@H](NC(=O)[C@H](CCSC)NC(=O)[C@@H](N)CC(N)=O)[C@@H](C)O)C(C)C)C(=O)O. The normalized spacial score (nSPS) is 15.7. The van der Waals surface area contributed by atoms with Gasteiger partial charge in [0.2, 0.25) is 29.5 Å². The molecule has 10 N–H and O–H groups in total. The number of amides is 5. The van der Waals surface area contributed by atoms with Gasteiger partial charge in [-0.15, -0.1) is 0 Å². The van der Waals surface area contributed by atoms with E-state index in [1.807, 2.05) is 0 Å². The molecule has 0 rings (SSSR count). The molecule has 16 heteroatoms. The smallest absolute Gasteiger partial charge is 0.326 e. The number of nitrogens with two attached hydrogens (primary N) is 2. The van der Waals surface area contributed by atoms with E-state index in [1.165, 1.54) is 30.4 Å². The number of carboxylic acid groups (broad SMARTS) is 1. The maximum absolute atomic E-state index is 13.1. The number of thioether (sulfide) groups is 2. The molecule has 0 aliphatic heterocycles. The minimum Gasteiger partial charge on any atom is -0.480 e. The fourth-order valence-corrected chi connectivity index (χ4v) is 4.23. The van der Waals surface area contributed by atoms with Crippen LogP contribution in [0.3, 0.4) is 0 Å². The van der Waals surface area contributed by atoms with Crippen molar-refractivity contribution in [3.63, 3.8) is 0 Å². The molecule has 0 fully saturated rings. The third kappa shape index (κ3) is 13.9. The van der Waals surface area contributed by atoms with E-state index in [0.29, 0.717) is 11.5 Å². The van der Waals surface area contributed by atoms with Crippen LogP contribution in [0.4, 0.5) is 0 Å². The predicted octanol–water partition coefficient (Wildman–Crippen LogP) is -2.24. The molecule has 6 atom stereocenters. The summed E-state index contributed by atoms with van der Waals surface area (Å²) < 4.78 is 0. The average molecular weight is 595 g/mol. The Balaban J connectivity index is 5.63. The summed E-state index contributed by atoms with van der Waals surface area (Å²) in [5, 5.41) is 29.4. The molecule has 0 unspecified atom stereocenters. The van der Waals surface area contributed by atoms with Crippen molar-refractivity contribution in [3.05, 3.63) is 0 Å². The van der Waals surface area contributed by atoms with E-state index in [4.69, 9.17) is 11.5 Å². The van der Waals surface area contributed by atoms with Crippen LogP contribution in [-0.4, -0.2) is 106 Å². The second kappa shape index (κ2) is 18.7. The van der Waals surface area contributed by atoms with Crippen LogP contribution in [0, 0.1) is 5.92 Å². The molecule has 0 saturated carbocycles. The number of hydrogen-bond donors (Lipinski definition) is 8. The number of aliphatic carboxylic acids is 1. The number of rotatable bonds is 19. The van der Waals surface area contributed by atoms with Crippen molar-refractivity contribution in [2.45, 2.75) is 76.3 Å². The molecule has 0 aliphatic rings. The van der Waals surface area contributed by atoms with E-state index in [2.05, 4.69) is 21.3 Å². The zero-order valence-electron chi connectivity index (χ0n) is 22.9. The van der Waals surface area contributed by atoms with Gasteiger partial charge >= 0.3 is 5.97 Å². The van der Waals surface area contributed by atoms with Crippen LogP contribution >= 0.6 is 23.5 Å². The molecule has 0 heterocycles. The van der Waals surface area contributed by atoms with Crippen LogP contribution in [0.2, 0.25) is 0 Å². The van der Waals surface area contributed by atoms with Gasteiger partial charge in [-0.1, -0.05) is 13.8 Å². The maximum Gasteiger partial charge on any atom is 0.326 e. The third-order valence-corrected chi connectivity index (χ3v) is 6.82.